The van der Waals surface area contributed by atoms with Gasteiger partial charge in [0.1, 0.15) is 6.04 Å². The Morgan fingerprint density at radius 1 is 1.08 bits per heavy atom. The minimum absolute atomic E-state index is 0.0822. The lowest BCUT2D eigenvalue weighted by Crippen LogP contribution is -2.50. The monoisotopic (exact) mass is 360 g/mol. The fraction of sp³-hybridized carbons (Fsp3) is 0.600. The minimum Gasteiger partial charge on any atom is -0.493 e. The summed E-state index contributed by atoms with van der Waals surface area (Å²) in [6.07, 6.45) is 3.69. The number of benzene rings is 1. The molecule has 0 unspecified atom stereocenters. The maximum Gasteiger partial charge on any atom is 0.261 e. The largest absolute Gasteiger partial charge is 0.493 e. The molecule has 26 heavy (non-hydrogen) atoms. The molecule has 2 amide bonds. The lowest BCUT2D eigenvalue weighted by Gasteiger charge is -2.34. The summed E-state index contributed by atoms with van der Waals surface area (Å²) < 4.78 is 10.9. The second-order valence-corrected chi connectivity index (χ2v) is 7.19. The highest BCUT2D eigenvalue weighted by atomic mass is 16.5. The number of hydrogen-bond acceptors (Lipinski definition) is 4. The van der Waals surface area contributed by atoms with Gasteiger partial charge in [-0.2, -0.15) is 0 Å². The van der Waals surface area contributed by atoms with Crippen LogP contribution >= 0.6 is 0 Å². The molecule has 0 aromatic heterocycles. The number of carbonyl (C=O) groups excluding carboxylic acids is 2. The van der Waals surface area contributed by atoms with Crippen molar-refractivity contribution < 1.29 is 19.1 Å². The number of amides is 2. The Labute approximate surface area is 155 Å². The summed E-state index contributed by atoms with van der Waals surface area (Å²) in [7, 11) is 1.57. The Hall–Kier alpha value is -2.24. The second-order valence-electron chi connectivity index (χ2n) is 7.19. The van der Waals surface area contributed by atoms with Gasteiger partial charge in [0.2, 0.25) is 5.91 Å². The number of para-hydroxylation sites is 2. The normalized spacial score (nSPS) is 20.9. The van der Waals surface area contributed by atoms with Crippen LogP contribution in [0.5, 0.6) is 11.5 Å². The average Bonchev–Trinajstić information content (AvgIpc) is 3.16. The van der Waals surface area contributed by atoms with Crippen molar-refractivity contribution in [3.8, 4) is 11.5 Å². The van der Waals surface area contributed by atoms with E-state index in [2.05, 4.69) is 6.92 Å². The summed E-state index contributed by atoms with van der Waals surface area (Å²) >= 11 is 0. The zero-order chi connectivity index (χ0) is 18.5. The van der Waals surface area contributed by atoms with Gasteiger partial charge in [-0.05, 0) is 43.7 Å². The van der Waals surface area contributed by atoms with Crippen LogP contribution in [0.15, 0.2) is 24.3 Å². The number of piperidine rings is 1. The van der Waals surface area contributed by atoms with E-state index >= 15 is 0 Å². The fourth-order valence-electron chi connectivity index (χ4n) is 3.72. The quantitative estimate of drug-likeness (QED) is 0.809. The Bertz CT molecular complexity index is 640. The second kappa shape index (κ2) is 8.43. The number of nitrogens with zero attached hydrogens (tertiary/aromatic N) is 2. The van der Waals surface area contributed by atoms with Crippen LogP contribution in [0.2, 0.25) is 0 Å². The zero-order valence-corrected chi connectivity index (χ0v) is 15.6. The number of ether oxygens (including phenoxy) is 2. The molecule has 3 rings (SSSR count). The number of carbonyl (C=O) groups is 2. The maximum atomic E-state index is 12.9. The molecule has 2 fully saturated rings. The third-order valence-corrected chi connectivity index (χ3v) is 5.37. The van der Waals surface area contributed by atoms with E-state index in [1.807, 2.05) is 17.0 Å². The van der Waals surface area contributed by atoms with Crippen molar-refractivity contribution in [2.24, 2.45) is 5.92 Å². The van der Waals surface area contributed by atoms with Gasteiger partial charge in [-0.25, -0.2) is 0 Å². The van der Waals surface area contributed by atoms with Gasteiger partial charge in [-0.1, -0.05) is 19.1 Å². The molecule has 1 atom stereocenters. The molecule has 2 aliphatic rings. The SMILES string of the molecule is COc1ccccc1OCC(=O)N1CCC[C@H]1C(=O)N1CCC(C)CC1. The highest BCUT2D eigenvalue weighted by Crippen LogP contribution is 2.27. The first kappa shape index (κ1) is 18.5. The number of likely N-dealkylation sites (tertiary alicyclic amines) is 2. The molecule has 0 bridgehead atoms. The molecule has 2 saturated heterocycles. The standard InChI is InChI=1S/C20H28N2O4/c1-15-9-12-21(13-10-15)20(24)16-6-5-11-22(16)19(23)14-26-18-8-4-3-7-17(18)25-2/h3-4,7-8,15-16H,5-6,9-14H2,1-2H3/t16-/m0/s1. The highest BCUT2D eigenvalue weighted by Gasteiger charge is 2.37. The molecular weight excluding hydrogens is 332 g/mol. The van der Waals surface area contributed by atoms with E-state index in [-0.39, 0.29) is 24.5 Å². The van der Waals surface area contributed by atoms with Crippen LogP contribution in [-0.2, 0) is 9.59 Å². The Balaban J connectivity index is 1.58. The molecular formula is C20H28N2O4. The van der Waals surface area contributed by atoms with Gasteiger partial charge in [0.15, 0.2) is 18.1 Å². The van der Waals surface area contributed by atoms with Gasteiger partial charge in [0, 0.05) is 19.6 Å². The van der Waals surface area contributed by atoms with Crippen LogP contribution in [0.1, 0.15) is 32.6 Å². The fourth-order valence-corrected chi connectivity index (χ4v) is 3.72. The lowest BCUT2D eigenvalue weighted by atomic mass is 9.98. The highest BCUT2D eigenvalue weighted by molar-refractivity contribution is 5.89. The summed E-state index contributed by atoms with van der Waals surface area (Å²) in [5.74, 6) is 1.76. The Morgan fingerprint density at radius 2 is 1.77 bits per heavy atom. The van der Waals surface area contributed by atoms with Crippen LogP contribution in [0.3, 0.4) is 0 Å². The molecule has 0 radical (unpaired) electrons. The third kappa shape index (κ3) is 4.11. The Morgan fingerprint density at radius 3 is 2.46 bits per heavy atom. The van der Waals surface area contributed by atoms with Gasteiger partial charge in [0.05, 0.1) is 7.11 Å². The first-order valence-corrected chi connectivity index (χ1v) is 9.44. The van der Waals surface area contributed by atoms with Crippen molar-refractivity contribution in [3.05, 3.63) is 24.3 Å². The predicted octanol–water partition coefficient (Wildman–Crippen LogP) is 2.32. The predicted molar refractivity (Wildman–Crippen MR) is 98.2 cm³/mol. The molecule has 0 spiro atoms. The third-order valence-electron chi connectivity index (χ3n) is 5.37. The zero-order valence-electron chi connectivity index (χ0n) is 15.6. The van der Waals surface area contributed by atoms with Crippen LogP contribution in [-0.4, -0.2) is 61.0 Å². The van der Waals surface area contributed by atoms with E-state index in [4.69, 9.17) is 9.47 Å². The van der Waals surface area contributed by atoms with Crippen molar-refractivity contribution in [1.82, 2.24) is 9.80 Å². The molecule has 6 nitrogen and oxygen atoms in total. The number of hydrogen-bond donors (Lipinski definition) is 0. The molecule has 0 aliphatic carbocycles. The summed E-state index contributed by atoms with van der Waals surface area (Å²) in [5.41, 5.74) is 0. The maximum absolute atomic E-state index is 12.9. The summed E-state index contributed by atoms with van der Waals surface area (Å²) in [6, 6.07) is 6.91. The topological polar surface area (TPSA) is 59.1 Å². The van der Waals surface area contributed by atoms with Gasteiger partial charge < -0.3 is 19.3 Å². The minimum atomic E-state index is -0.336. The van der Waals surface area contributed by atoms with E-state index in [0.29, 0.717) is 24.0 Å². The summed E-state index contributed by atoms with van der Waals surface area (Å²) in [5, 5.41) is 0. The summed E-state index contributed by atoms with van der Waals surface area (Å²) in [4.78, 5) is 29.1. The van der Waals surface area contributed by atoms with E-state index in [9.17, 15) is 9.59 Å². The van der Waals surface area contributed by atoms with Crippen LogP contribution in [0.25, 0.3) is 0 Å². The van der Waals surface area contributed by atoms with Crippen molar-refractivity contribution in [2.75, 3.05) is 33.4 Å². The molecule has 142 valence electrons. The molecule has 6 heteroatoms. The summed E-state index contributed by atoms with van der Waals surface area (Å²) in [6.45, 7) is 4.37. The molecule has 1 aromatic carbocycles. The Kier molecular flexibility index (Phi) is 6.01. The van der Waals surface area contributed by atoms with E-state index in [1.54, 1.807) is 24.1 Å². The van der Waals surface area contributed by atoms with Crippen molar-refractivity contribution in [1.29, 1.82) is 0 Å². The smallest absolute Gasteiger partial charge is 0.261 e. The number of rotatable bonds is 5. The molecule has 0 N–H and O–H groups in total. The van der Waals surface area contributed by atoms with Gasteiger partial charge in [0.25, 0.3) is 5.91 Å². The van der Waals surface area contributed by atoms with Crippen molar-refractivity contribution in [2.45, 2.75) is 38.6 Å². The molecule has 0 saturated carbocycles. The van der Waals surface area contributed by atoms with Gasteiger partial charge in [-0.15, -0.1) is 0 Å². The molecule has 1 aromatic rings. The van der Waals surface area contributed by atoms with Crippen molar-refractivity contribution >= 4 is 11.8 Å². The van der Waals surface area contributed by atoms with Crippen molar-refractivity contribution in [3.63, 3.8) is 0 Å². The van der Waals surface area contributed by atoms with Crippen LogP contribution in [0.4, 0.5) is 0 Å². The molecule has 2 heterocycles. The van der Waals surface area contributed by atoms with Gasteiger partial charge in [-0.3, -0.25) is 9.59 Å². The first-order chi connectivity index (χ1) is 12.6. The number of methoxy groups -OCH3 is 1. The molecule has 2 aliphatic heterocycles. The van der Waals surface area contributed by atoms with Gasteiger partial charge >= 0.3 is 0 Å². The van der Waals surface area contributed by atoms with E-state index in [0.717, 1.165) is 38.8 Å². The van der Waals surface area contributed by atoms with Crippen LogP contribution in [0, 0.1) is 5.92 Å². The van der Waals surface area contributed by atoms with E-state index in [1.165, 1.54) is 0 Å². The van der Waals surface area contributed by atoms with E-state index < -0.39 is 0 Å². The average molecular weight is 360 g/mol. The first-order valence-electron chi connectivity index (χ1n) is 9.44. The lowest BCUT2D eigenvalue weighted by molar-refractivity contribution is -0.145. The van der Waals surface area contributed by atoms with Crippen LogP contribution < -0.4 is 9.47 Å².